The van der Waals surface area contributed by atoms with Crippen LogP contribution in [0.3, 0.4) is 0 Å². The van der Waals surface area contributed by atoms with Gasteiger partial charge in [-0.25, -0.2) is 9.78 Å². The molecule has 108 valence electrons. The third-order valence-corrected chi connectivity index (χ3v) is 4.40. The number of halogens is 2. The van der Waals surface area contributed by atoms with Crippen LogP contribution in [-0.2, 0) is 0 Å². The minimum absolute atomic E-state index is 0.148. The summed E-state index contributed by atoms with van der Waals surface area (Å²) in [6, 6.07) is 10.7. The Morgan fingerprint density at radius 1 is 1.09 bits per heavy atom. The molecule has 0 radical (unpaired) electrons. The van der Waals surface area contributed by atoms with Gasteiger partial charge in [0.05, 0.1) is 32.2 Å². The van der Waals surface area contributed by atoms with Crippen molar-refractivity contribution in [3.05, 3.63) is 52.0 Å². The molecule has 2 heterocycles. The summed E-state index contributed by atoms with van der Waals surface area (Å²) >= 11 is 12.1. The van der Waals surface area contributed by atoms with Crippen LogP contribution in [0, 0.1) is 0 Å². The maximum absolute atomic E-state index is 11.8. The van der Waals surface area contributed by atoms with E-state index in [-0.39, 0.29) is 5.56 Å². The zero-order valence-electron chi connectivity index (χ0n) is 11.0. The van der Waals surface area contributed by atoms with Crippen LogP contribution >= 0.6 is 23.2 Å². The van der Waals surface area contributed by atoms with Gasteiger partial charge in [-0.05, 0) is 18.2 Å². The van der Waals surface area contributed by atoms with E-state index in [2.05, 4.69) is 9.97 Å². The lowest BCUT2D eigenvalue weighted by atomic mass is 10.1. The summed E-state index contributed by atoms with van der Waals surface area (Å²) in [5.41, 5.74) is 2.58. The van der Waals surface area contributed by atoms with Crippen molar-refractivity contribution in [1.29, 1.82) is 0 Å². The first-order valence-corrected chi connectivity index (χ1v) is 7.24. The van der Waals surface area contributed by atoms with Crippen LogP contribution in [0.4, 0.5) is 0 Å². The van der Waals surface area contributed by atoms with Crippen molar-refractivity contribution < 1.29 is 9.90 Å². The van der Waals surface area contributed by atoms with Crippen molar-refractivity contribution in [3.8, 4) is 0 Å². The summed E-state index contributed by atoms with van der Waals surface area (Å²) in [6.45, 7) is 0. The predicted octanol–water partition coefficient (Wildman–Crippen LogP) is 4.87. The lowest BCUT2D eigenvalue weighted by molar-refractivity contribution is 0.0701. The van der Waals surface area contributed by atoms with E-state index in [1.807, 2.05) is 24.3 Å². The van der Waals surface area contributed by atoms with E-state index >= 15 is 0 Å². The lowest BCUT2D eigenvalue weighted by Gasteiger charge is -2.06. The molecule has 0 atom stereocenters. The molecule has 0 amide bonds. The van der Waals surface area contributed by atoms with Gasteiger partial charge in [0.1, 0.15) is 0 Å². The zero-order valence-corrected chi connectivity index (χ0v) is 12.5. The fourth-order valence-corrected chi connectivity index (χ4v) is 3.05. The first-order valence-electron chi connectivity index (χ1n) is 6.48. The van der Waals surface area contributed by atoms with Gasteiger partial charge in [-0.2, -0.15) is 0 Å². The minimum Gasteiger partial charge on any atom is -0.478 e. The molecular weight excluding hydrogens is 323 g/mol. The Morgan fingerprint density at radius 3 is 2.59 bits per heavy atom. The number of fused-ring (bicyclic) bond motifs is 4. The molecule has 2 N–H and O–H groups in total. The fraction of sp³-hybridized carbons (Fsp3) is 0. The highest BCUT2D eigenvalue weighted by atomic mass is 35.5. The van der Waals surface area contributed by atoms with Crippen LogP contribution in [0.15, 0.2) is 36.4 Å². The number of pyridine rings is 1. The number of aromatic amines is 1. The monoisotopic (exact) mass is 330 g/mol. The van der Waals surface area contributed by atoms with Gasteiger partial charge in [0.15, 0.2) is 0 Å². The molecule has 0 fully saturated rings. The number of nitrogens with zero attached hydrogens (tertiary/aromatic N) is 1. The molecule has 22 heavy (non-hydrogen) atoms. The number of rotatable bonds is 1. The highest BCUT2D eigenvalue weighted by molar-refractivity contribution is 6.43. The molecule has 0 saturated heterocycles. The number of carboxylic acid groups (broad SMARTS) is 1. The molecule has 0 unspecified atom stereocenters. The maximum atomic E-state index is 11.8. The topological polar surface area (TPSA) is 66.0 Å². The Labute approximate surface area is 134 Å². The molecule has 0 aliphatic heterocycles. The Morgan fingerprint density at radius 2 is 1.82 bits per heavy atom. The third-order valence-electron chi connectivity index (χ3n) is 3.68. The smallest absolute Gasteiger partial charge is 0.338 e. The molecule has 4 nitrogen and oxygen atoms in total. The van der Waals surface area contributed by atoms with Crippen LogP contribution in [0.2, 0.25) is 10.0 Å². The summed E-state index contributed by atoms with van der Waals surface area (Å²) in [7, 11) is 0. The molecule has 0 bridgehead atoms. The molecule has 4 aromatic rings. The number of benzene rings is 2. The molecule has 0 spiro atoms. The SMILES string of the molecule is O=C(O)c1c2cc(Cl)c(Cl)cc2nc2c1[nH]c1ccccc12. The third kappa shape index (κ3) is 1.78. The molecule has 0 aliphatic carbocycles. The van der Waals surface area contributed by atoms with Crippen LogP contribution in [0.1, 0.15) is 10.4 Å². The largest absolute Gasteiger partial charge is 0.478 e. The van der Waals surface area contributed by atoms with Gasteiger partial charge in [-0.1, -0.05) is 41.4 Å². The number of aromatic carboxylic acids is 1. The predicted molar refractivity (Wildman–Crippen MR) is 88.1 cm³/mol. The molecule has 2 aromatic carbocycles. The number of para-hydroxylation sites is 1. The van der Waals surface area contributed by atoms with E-state index in [1.165, 1.54) is 0 Å². The van der Waals surface area contributed by atoms with Gasteiger partial charge in [-0.3, -0.25) is 0 Å². The molecule has 0 saturated carbocycles. The van der Waals surface area contributed by atoms with Crippen molar-refractivity contribution in [3.63, 3.8) is 0 Å². The second-order valence-corrected chi connectivity index (χ2v) is 5.78. The lowest BCUT2D eigenvalue weighted by Crippen LogP contribution is -2.00. The Hall–Kier alpha value is -2.30. The van der Waals surface area contributed by atoms with Crippen molar-refractivity contribution in [1.82, 2.24) is 9.97 Å². The number of carbonyl (C=O) groups is 1. The first kappa shape index (κ1) is 13.4. The summed E-state index contributed by atoms with van der Waals surface area (Å²) in [5, 5.41) is 11.6. The fourth-order valence-electron chi connectivity index (χ4n) is 2.73. The quantitative estimate of drug-likeness (QED) is 0.523. The van der Waals surface area contributed by atoms with E-state index in [4.69, 9.17) is 23.2 Å². The van der Waals surface area contributed by atoms with Crippen molar-refractivity contribution >= 4 is 62.0 Å². The molecule has 2 aromatic heterocycles. The van der Waals surface area contributed by atoms with Gasteiger partial charge < -0.3 is 10.1 Å². The second kappa shape index (κ2) is 4.60. The van der Waals surface area contributed by atoms with Crippen LogP contribution in [0.5, 0.6) is 0 Å². The number of hydrogen-bond donors (Lipinski definition) is 2. The van der Waals surface area contributed by atoms with Crippen LogP contribution in [0.25, 0.3) is 32.8 Å². The van der Waals surface area contributed by atoms with Crippen molar-refractivity contribution in [2.75, 3.05) is 0 Å². The Kier molecular flexibility index (Phi) is 2.79. The van der Waals surface area contributed by atoms with E-state index in [0.717, 1.165) is 10.9 Å². The van der Waals surface area contributed by atoms with Crippen LogP contribution < -0.4 is 0 Å². The highest BCUT2D eigenvalue weighted by Gasteiger charge is 2.19. The van der Waals surface area contributed by atoms with Gasteiger partial charge >= 0.3 is 5.97 Å². The number of aromatic nitrogens is 2. The molecule has 0 aliphatic rings. The number of nitrogens with one attached hydrogen (secondary N) is 1. The summed E-state index contributed by atoms with van der Waals surface area (Å²) < 4.78 is 0. The molecule has 6 heteroatoms. The first-order chi connectivity index (χ1) is 10.6. The Balaban J connectivity index is 2.31. The van der Waals surface area contributed by atoms with Crippen molar-refractivity contribution in [2.45, 2.75) is 0 Å². The van der Waals surface area contributed by atoms with Crippen molar-refractivity contribution in [2.24, 2.45) is 0 Å². The van der Waals surface area contributed by atoms with Gasteiger partial charge in [0.25, 0.3) is 0 Å². The van der Waals surface area contributed by atoms with E-state index in [1.54, 1.807) is 12.1 Å². The molecular formula is C16H8Cl2N2O2. The Bertz CT molecular complexity index is 1090. The normalized spacial score (nSPS) is 11.5. The van der Waals surface area contributed by atoms with Crippen LogP contribution in [-0.4, -0.2) is 21.0 Å². The van der Waals surface area contributed by atoms with Gasteiger partial charge in [-0.15, -0.1) is 0 Å². The number of hydrogen-bond acceptors (Lipinski definition) is 2. The summed E-state index contributed by atoms with van der Waals surface area (Å²) in [5.74, 6) is -1.04. The van der Waals surface area contributed by atoms with E-state index < -0.39 is 5.97 Å². The summed E-state index contributed by atoms with van der Waals surface area (Å²) in [4.78, 5) is 19.5. The number of H-pyrrole nitrogens is 1. The minimum atomic E-state index is -1.04. The maximum Gasteiger partial charge on any atom is 0.338 e. The second-order valence-electron chi connectivity index (χ2n) is 4.97. The van der Waals surface area contributed by atoms with Gasteiger partial charge in [0, 0.05) is 16.3 Å². The van der Waals surface area contributed by atoms with Gasteiger partial charge in [0.2, 0.25) is 0 Å². The average molecular weight is 331 g/mol. The van der Waals surface area contributed by atoms with E-state index in [9.17, 15) is 9.90 Å². The summed E-state index contributed by atoms with van der Waals surface area (Å²) in [6.07, 6.45) is 0. The zero-order chi connectivity index (χ0) is 15.4. The molecule has 4 rings (SSSR count). The standard InChI is InChI=1S/C16H8Cl2N2O2/c17-9-5-8-12(6-10(9)18)20-14-7-3-1-2-4-11(7)19-15(14)13(8)16(21)22/h1-6,19H,(H,21,22). The number of carboxylic acids is 1. The highest BCUT2D eigenvalue weighted by Crippen LogP contribution is 2.34. The average Bonchev–Trinajstić information content (AvgIpc) is 2.84. The van der Waals surface area contributed by atoms with E-state index in [0.29, 0.717) is 32.0 Å².